The van der Waals surface area contributed by atoms with E-state index in [4.69, 9.17) is 4.98 Å². The molecule has 0 aliphatic rings. The number of anilines is 1. The molecule has 0 atom stereocenters. The quantitative estimate of drug-likeness (QED) is 0.242. The Balaban J connectivity index is 1.47. The van der Waals surface area contributed by atoms with Crippen LogP contribution in [0.2, 0.25) is 0 Å². The fourth-order valence-electron chi connectivity index (χ4n) is 3.50. The fraction of sp³-hybridized carbons (Fsp3) is 0.292. The Labute approximate surface area is 191 Å². The van der Waals surface area contributed by atoms with E-state index in [1.54, 1.807) is 29.3 Å². The summed E-state index contributed by atoms with van der Waals surface area (Å²) in [5.74, 6) is 1.04. The number of amides is 1. The Bertz CT molecular complexity index is 1140. The summed E-state index contributed by atoms with van der Waals surface area (Å²) < 4.78 is 2.98. The lowest BCUT2D eigenvalue weighted by Gasteiger charge is -2.20. The Kier molecular flexibility index (Phi) is 7.04. The number of thioether (sulfide) groups is 1. The maximum absolute atomic E-state index is 13.2. The maximum Gasteiger partial charge on any atom is 0.228 e. The van der Waals surface area contributed by atoms with E-state index in [1.807, 2.05) is 40.0 Å². The molecular weight excluding hydrogens is 424 g/mol. The van der Waals surface area contributed by atoms with Gasteiger partial charge in [0.1, 0.15) is 0 Å². The third kappa shape index (κ3) is 5.54. The Morgan fingerprint density at radius 2 is 2.00 bits per heavy atom. The van der Waals surface area contributed by atoms with Crippen molar-refractivity contribution in [2.45, 2.75) is 38.1 Å². The van der Waals surface area contributed by atoms with Gasteiger partial charge in [0, 0.05) is 30.3 Å². The summed E-state index contributed by atoms with van der Waals surface area (Å²) in [7, 11) is 0. The Morgan fingerprint density at radius 3 is 2.77 bits per heavy atom. The number of aromatic nitrogens is 3. The molecule has 0 saturated carbocycles. The molecule has 0 aliphatic heterocycles. The highest BCUT2D eigenvalue weighted by Crippen LogP contribution is 2.32. The molecule has 0 bridgehead atoms. The molecule has 160 valence electrons. The average Bonchev–Trinajstić information content (AvgIpc) is 3.42. The Morgan fingerprint density at radius 1 is 1.16 bits per heavy atom. The number of rotatable bonds is 9. The molecule has 4 rings (SSSR count). The van der Waals surface area contributed by atoms with Gasteiger partial charge >= 0.3 is 0 Å². The minimum absolute atomic E-state index is 0.120. The van der Waals surface area contributed by atoms with Gasteiger partial charge in [0.15, 0.2) is 5.13 Å². The smallest absolute Gasteiger partial charge is 0.228 e. The summed E-state index contributed by atoms with van der Waals surface area (Å²) in [6.07, 6.45) is 5.02. The molecule has 5 nitrogen and oxygen atoms in total. The van der Waals surface area contributed by atoms with Crippen LogP contribution in [0.15, 0.2) is 65.8 Å². The van der Waals surface area contributed by atoms with Crippen molar-refractivity contribution >= 4 is 44.4 Å². The lowest BCUT2D eigenvalue weighted by molar-refractivity contribution is -0.118. The topological polar surface area (TPSA) is 51.0 Å². The van der Waals surface area contributed by atoms with Crippen LogP contribution in [0.4, 0.5) is 5.13 Å². The lowest BCUT2D eigenvalue weighted by atomic mass is 10.1. The molecule has 1 amide bonds. The molecule has 4 aromatic rings. The van der Waals surface area contributed by atoms with E-state index in [2.05, 4.69) is 43.2 Å². The number of hydrogen-bond donors (Lipinski definition) is 0. The van der Waals surface area contributed by atoms with Crippen molar-refractivity contribution in [3.8, 4) is 0 Å². The molecule has 0 aliphatic carbocycles. The minimum atomic E-state index is 0.120. The van der Waals surface area contributed by atoms with Crippen molar-refractivity contribution in [3.05, 3.63) is 72.1 Å². The second-order valence-corrected chi connectivity index (χ2v) is 9.68. The molecule has 0 spiro atoms. The SMILES string of the molecule is Cc1cc(C)c2nc(N(CCn3cccn3)C(=O)CCCSc3ccccc3)sc2c1. The summed E-state index contributed by atoms with van der Waals surface area (Å²) in [5, 5.41) is 5.05. The van der Waals surface area contributed by atoms with Crippen molar-refractivity contribution in [2.75, 3.05) is 17.2 Å². The van der Waals surface area contributed by atoms with Crippen molar-refractivity contribution in [3.63, 3.8) is 0 Å². The van der Waals surface area contributed by atoms with E-state index in [0.717, 1.165) is 33.1 Å². The van der Waals surface area contributed by atoms with Gasteiger partial charge in [-0.2, -0.15) is 5.10 Å². The zero-order valence-corrected chi connectivity index (χ0v) is 19.5. The fourth-order valence-corrected chi connectivity index (χ4v) is 5.56. The van der Waals surface area contributed by atoms with Crippen LogP contribution in [0.1, 0.15) is 24.0 Å². The monoisotopic (exact) mass is 450 g/mol. The standard InChI is InChI=1S/C24H26N4OS2/c1-18-16-19(2)23-21(17-18)31-24(26-23)28(14-13-27-12-7-11-25-27)22(29)10-6-15-30-20-8-4-3-5-9-20/h3-5,7-9,11-12,16-17H,6,10,13-15H2,1-2H3. The van der Waals surface area contributed by atoms with Gasteiger partial charge < -0.3 is 0 Å². The highest BCUT2D eigenvalue weighted by atomic mass is 32.2. The number of fused-ring (bicyclic) bond motifs is 1. The predicted molar refractivity (Wildman–Crippen MR) is 130 cm³/mol. The van der Waals surface area contributed by atoms with Gasteiger partial charge in [0.25, 0.3) is 0 Å². The second kappa shape index (κ2) is 10.1. The van der Waals surface area contributed by atoms with E-state index < -0.39 is 0 Å². The summed E-state index contributed by atoms with van der Waals surface area (Å²) >= 11 is 3.39. The largest absolute Gasteiger partial charge is 0.286 e. The van der Waals surface area contributed by atoms with Crippen LogP contribution in [0, 0.1) is 13.8 Å². The van der Waals surface area contributed by atoms with Crippen molar-refractivity contribution < 1.29 is 4.79 Å². The Hall–Kier alpha value is -2.64. The molecule has 7 heteroatoms. The van der Waals surface area contributed by atoms with Gasteiger partial charge in [-0.15, -0.1) is 11.8 Å². The zero-order valence-electron chi connectivity index (χ0n) is 17.8. The number of carbonyl (C=O) groups excluding carboxylic acids is 1. The van der Waals surface area contributed by atoms with E-state index >= 15 is 0 Å². The van der Waals surface area contributed by atoms with Gasteiger partial charge in [-0.25, -0.2) is 4.98 Å². The van der Waals surface area contributed by atoms with Crippen LogP contribution in [-0.4, -0.2) is 33.0 Å². The van der Waals surface area contributed by atoms with Gasteiger partial charge in [-0.1, -0.05) is 35.6 Å². The predicted octanol–water partition coefficient (Wildman–Crippen LogP) is 5.72. The summed E-state index contributed by atoms with van der Waals surface area (Å²) in [6, 6.07) is 16.5. The molecule has 2 aromatic heterocycles. The molecule has 0 radical (unpaired) electrons. The van der Waals surface area contributed by atoms with Crippen LogP contribution < -0.4 is 4.90 Å². The first kappa shape index (κ1) is 21.6. The normalized spacial score (nSPS) is 11.2. The first-order valence-corrected chi connectivity index (χ1v) is 12.2. The van der Waals surface area contributed by atoms with Crippen LogP contribution in [0.3, 0.4) is 0 Å². The number of hydrogen-bond acceptors (Lipinski definition) is 5. The van der Waals surface area contributed by atoms with Crippen molar-refractivity contribution in [1.82, 2.24) is 14.8 Å². The van der Waals surface area contributed by atoms with Crippen LogP contribution in [0.25, 0.3) is 10.2 Å². The highest BCUT2D eigenvalue weighted by molar-refractivity contribution is 7.99. The van der Waals surface area contributed by atoms with Gasteiger partial charge in [-0.3, -0.25) is 14.4 Å². The molecule has 0 saturated heterocycles. The average molecular weight is 451 g/mol. The highest BCUT2D eigenvalue weighted by Gasteiger charge is 2.20. The maximum atomic E-state index is 13.2. The number of aryl methyl sites for hydroxylation is 2. The first-order chi connectivity index (χ1) is 15.1. The minimum Gasteiger partial charge on any atom is -0.286 e. The number of benzene rings is 2. The second-order valence-electron chi connectivity index (χ2n) is 7.50. The van der Waals surface area contributed by atoms with Gasteiger partial charge in [0.05, 0.1) is 16.8 Å². The van der Waals surface area contributed by atoms with Gasteiger partial charge in [0.2, 0.25) is 5.91 Å². The van der Waals surface area contributed by atoms with Crippen molar-refractivity contribution in [1.29, 1.82) is 0 Å². The number of carbonyl (C=O) groups is 1. The van der Waals surface area contributed by atoms with E-state index in [0.29, 0.717) is 19.5 Å². The van der Waals surface area contributed by atoms with Crippen LogP contribution >= 0.6 is 23.1 Å². The van der Waals surface area contributed by atoms with E-state index in [9.17, 15) is 4.79 Å². The van der Waals surface area contributed by atoms with Gasteiger partial charge in [-0.05, 0) is 61.4 Å². The third-order valence-electron chi connectivity index (χ3n) is 5.01. The lowest BCUT2D eigenvalue weighted by Crippen LogP contribution is -2.34. The third-order valence-corrected chi connectivity index (χ3v) is 7.13. The van der Waals surface area contributed by atoms with Crippen LogP contribution in [-0.2, 0) is 11.3 Å². The molecule has 0 fully saturated rings. The van der Waals surface area contributed by atoms with Crippen LogP contribution in [0.5, 0.6) is 0 Å². The number of thiazole rings is 1. The van der Waals surface area contributed by atoms with E-state index in [1.165, 1.54) is 10.5 Å². The zero-order chi connectivity index (χ0) is 21.6. The number of nitrogens with zero attached hydrogens (tertiary/aromatic N) is 4. The molecule has 0 unspecified atom stereocenters. The van der Waals surface area contributed by atoms with E-state index in [-0.39, 0.29) is 5.91 Å². The summed E-state index contributed by atoms with van der Waals surface area (Å²) in [6.45, 7) is 5.38. The molecule has 31 heavy (non-hydrogen) atoms. The molecule has 2 aromatic carbocycles. The molecular formula is C24H26N4OS2. The molecule has 0 N–H and O–H groups in total. The first-order valence-electron chi connectivity index (χ1n) is 10.4. The van der Waals surface area contributed by atoms with Crippen molar-refractivity contribution in [2.24, 2.45) is 0 Å². The summed E-state index contributed by atoms with van der Waals surface area (Å²) in [4.78, 5) is 21.1. The molecule has 2 heterocycles. The summed E-state index contributed by atoms with van der Waals surface area (Å²) in [5.41, 5.74) is 3.35.